The van der Waals surface area contributed by atoms with Crippen molar-refractivity contribution in [2.45, 2.75) is 50.2 Å². The average molecular weight is 393 g/mol. The standard InChI is InChI=1S/C19H24N2O3S2/c1-14(2)20(3)26(23,24)18-8-4-6-15(12-18)19(22)21(16-9-10-16)13-17-7-5-11-25-17/h4-8,11-12,14,16H,9-10,13H2,1-3H3. The van der Waals surface area contributed by atoms with Gasteiger partial charge < -0.3 is 4.90 Å². The van der Waals surface area contributed by atoms with Crippen LogP contribution in [0.15, 0.2) is 46.7 Å². The average Bonchev–Trinajstić information content (AvgIpc) is 3.34. The molecule has 7 heteroatoms. The van der Waals surface area contributed by atoms with Gasteiger partial charge in [0.1, 0.15) is 0 Å². The zero-order valence-corrected chi connectivity index (χ0v) is 16.9. The van der Waals surface area contributed by atoms with Crippen molar-refractivity contribution in [3.05, 3.63) is 52.2 Å². The van der Waals surface area contributed by atoms with Crippen LogP contribution in [0.25, 0.3) is 0 Å². The first-order chi connectivity index (χ1) is 12.3. The summed E-state index contributed by atoms with van der Waals surface area (Å²) >= 11 is 1.63. The molecule has 0 bridgehead atoms. The molecule has 0 spiro atoms. The van der Waals surface area contributed by atoms with Gasteiger partial charge in [0.15, 0.2) is 0 Å². The Balaban J connectivity index is 1.88. The van der Waals surface area contributed by atoms with E-state index >= 15 is 0 Å². The van der Waals surface area contributed by atoms with Gasteiger partial charge in [-0.15, -0.1) is 11.3 Å². The van der Waals surface area contributed by atoms with Crippen LogP contribution in [0.2, 0.25) is 0 Å². The third kappa shape index (κ3) is 4.00. The molecule has 5 nitrogen and oxygen atoms in total. The molecule has 0 aliphatic heterocycles. The largest absolute Gasteiger partial charge is 0.331 e. The Labute approximate surface area is 159 Å². The molecule has 0 saturated heterocycles. The molecule has 1 aliphatic rings. The van der Waals surface area contributed by atoms with Crippen LogP contribution in [0.3, 0.4) is 0 Å². The van der Waals surface area contributed by atoms with E-state index in [-0.39, 0.29) is 22.9 Å². The molecular formula is C19H24N2O3S2. The van der Waals surface area contributed by atoms with Gasteiger partial charge in [-0.2, -0.15) is 4.31 Å². The molecule has 1 aromatic carbocycles. The number of sulfonamides is 1. The van der Waals surface area contributed by atoms with E-state index in [1.807, 2.05) is 36.3 Å². The highest BCUT2D eigenvalue weighted by atomic mass is 32.2. The Morgan fingerprint density at radius 2 is 1.96 bits per heavy atom. The molecule has 1 fully saturated rings. The Hall–Kier alpha value is -1.70. The quantitative estimate of drug-likeness (QED) is 0.724. The minimum absolute atomic E-state index is 0.106. The Morgan fingerprint density at radius 3 is 2.54 bits per heavy atom. The fraction of sp³-hybridized carbons (Fsp3) is 0.421. The highest BCUT2D eigenvalue weighted by molar-refractivity contribution is 7.89. The molecule has 3 rings (SSSR count). The Bertz CT molecular complexity index is 872. The Kier molecular flexibility index (Phi) is 5.50. The molecule has 0 N–H and O–H groups in total. The zero-order valence-electron chi connectivity index (χ0n) is 15.3. The minimum Gasteiger partial charge on any atom is -0.331 e. The van der Waals surface area contributed by atoms with Crippen molar-refractivity contribution in [1.82, 2.24) is 9.21 Å². The van der Waals surface area contributed by atoms with Gasteiger partial charge in [-0.3, -0.25) is 4.79 Å². The maximum atomic E-state index is 13.1. The van der Waals surface area contributed by atoms with E-state index in [9.17, 15) is 13.2 Å². The summed E-state index contributed by atoms with van der Waals surface area (Å²) in [5.41, 5.74) is 0.423. The predicted molar refractivity (Wildman–Crippen MR) is 104 cm³/mol. The molecule has 0 atom stereocenters. The van der Waals surface area contributed by atoms with Gasteiger partial charge in [0.25, 0.3) is 5.91 Å². The molecule has 1 heterocycles. The SMILES string of the molecule is CC(C)N(C)S(=O)(=O)c1cccc(C(=O)N(Cc2cccs2)C2CC2)c1. The fourth-order valence-corrected chi connectivity index (χ4v) is 4.84. The summed E-state index contributed by atoms with van der Waals surface area (Å²) in [4.78, 5) is 16.2. The van der Waals surface area contributed by atoms with E-state index in [1.54, 1.807) is 36.6 Å². The number of amides is 1. The van der Waals surface area contributed by atoms with E-state index in [2.05, 4.69) is 0 Å². The summed E-state index contributed by atoms with van der Waals surface area (Å²) in [5, 5.41) is 2.00. The number of hydrogen-bond donors (Lipinski definition) is 0. The lowest BCUT2D eigenvalue weighted by Gasteiger charge is -2.23. The third-order valence-corrected chi connectivity index (χ3v) is 7.53. The summed E-state index contributed by atoms with van der Waals surface area (Å²) in [6.45, 7) is 4.22. The lowest BCUT2D eigenvalue weighted by molar-refractivity contribution is 0.0731. The maximum Gasteiger partial charge on any atom is 0.254 e. The van der Waals surface area contributed by atoms with Crippen molar-refractivity contribution >= 4 is 27.3 Å². The highest BCUT2D eigenvalue weighted by Gasteiger charge is 2.34. The number of thiophene rings is 1. The minimum atomic E-state index is -3.61. The molecule has 1 aliphatic carbocycles. The van der Waals surface area contributed by atoms with E-state index in [0.29, 0.717) is 12.1 Å². The van der Waals surface area contributed by atoms with Crippen LogP contribution in [-0.4, -0.2) is 42.7 Å². The number of hydrogen-bond acceptors (Lipinski definition) is 4. The first-order valence-corrected chi connectivity index (χ1v) is 11.0. The second-order valence-corrected chi connectivity index (χ2v) is 9.92. The molecule has 1 amide bonds. The lowest BCUT2D eigenvalue weighted by atomic mass is 10.2. The summed E-state index contributed by atoms with van der Waals surface area (Å²) in [5.74, 6) is -0.106. The van der Waals surface area contributed by atoms with Crippen LogP contribution in [-0.2, 0) is 16.6 Å². The Morgan fingerprint density at radius 1 is 1.23 bits per heavy atom. The van der Waals surface area contributed by atoms with Crippen LogP contribution in [0.5, 0.6) is 0 Å². The molecular weight excluding hydrogens is 368 g/mol. The fourth-order valence-electron chi connectivity index (χ4n) is 2.72. The van der Waals surface area contributed by atoms with Crippen LogP contribution < -0.4 is 0 Å². The number of nitrogens with zero attached hydrogens (tertiary/aromatic N) is 2. The molecule has 0 unspecified atom stereocenters. The number of carbonyl (C=O) groups excluding carboxylic acids is 1. The third-order valence-electron chi connectivity index (χ3n) is 4.64. The van der Waals surface area contributed by atoms with E-state index < -0.39 is 10.0 Å². The smallest absolute Gasteiger partial charge is 0.254 e. The normalized spacial score (nSPS) is 14.8. The van der Waals surface area contributed by atoms with Crippen LogP contribution >= 0.6 is 11.3 Å². The first-order valence-electron chi connectivity index (χ1n) is 8.72. The second-order valence-electron chi connectivity index (χ2n) is 6.89. The van der Waals surface area contributed by atoms with E-state index in [4.69, 9.17) is 0 Å². The number of rotatable bonds is 7. The van der Waals surface area contributed by atoms with Crippen molar-refractivity contribution < 1.29 is 13.2 Å². The molecule has 140 valence electrons. The second kappa shape index (κ2) is 7.50. The molecule has 0 radical (unpaired) electrons. The van der Waals surface area contributed by atoms with E-state index in [0.717, 1.165) is 17.7 Å². The van der Waals surface area contributed by atoms with Gasteiger partial charge in [-0.05, 0) is 56.3 Å². The van der Waals surface area contributed by atoms with Crippen molar-refractivity contribution in [3.8, 4) is 0 Å². The van der Waals surface area contributed by atoms with Crippen LogP contribution in [0.4, 0.5) is 0 Å². The number of carbonyl (C=O) groups is 1. The van der Waals surface area contributed by atoms with E-state index in [1.165, 1.54) is 10.4 Å². The maximum absolute atomic E-state index is 13.1. The van der Waals surface area contributed by atoms with Gasteiger partial charge in [0.2, 0.25) is 10.0 Å². The van der Waals surface area contributed by atoms with Gasteiger partial charge in [-0.1, -0.05) is 12.1 Å². The topological polar surface area (TPSA) is 57.7 Å². The predicted octanol–water partition coefficient (Wildman–Crippen LogP) is 3.58. The summed E-state index contributed by atoms with van der Waals surface area (Å²) in [6.07, 6.45) is 2.01. The lowest BCUT2D eigenvalue weighted by Crippen LogP contribution is -2.34. The van der Waals surface area contributed by atoms with Gasteiger partial charge >= 0.3 is 0 Å². The first kappa shape index (κ1) is 19.1. The summed E-state index contributed by atoms with van der Waals surface area (Å²) in [6, 6.07) is 10.5. The van der Waals surface area contributed by atoms with Crippen molar-refractivity contribution in [3.63, 3.8) is 0 Å². The van der Waals surface area contributed by atoms with Crippen molar-refractivity contribution in [2.75, 3.05) is 7.05 Å². The highest BCUT2D eigenvalue weighted by Crippen LogP contribution is 2.31. The molecule has 26 heavy (non-hydrogen) atoms. The van der Waals surface area contributed by atoms with Crippen molar-refractivity contribution in [1.29, 1.82) is 0 Å². The van der Waals surface area contributed by atoms with Crippen LogP contribution in [0, 0.1) is 0 Å². The van der Waals surface area contributed by atoms with Gasteiger partial charge in [-0.25, -0.2) is 8.42 Å². The number of benzene rings is 1. The van der Waals surface area contributed by atoms with Crippen molar-refractivity contribution in [2.24, 2.45) is 0 Å². The molecule has 1 aromatic heterocycles. The van der Waals surface area contributed by atoms with Crippen LogP contribution in [0.1, 0.15) is 41.9 Å². The van der Waals surface area contributed by atoms with Gasteiger partial charge in [0, 0.05) is 29.6 Å². The zero-order chi connectivity index (χ0) is 18.9. The monoisotopic (exact) mass is 392 g/mol. The summed E-state index contributed by atoms with van der Waals surface area (Å²) < 4.78 is 26.8. The molecule has 2 aromatic rings. The molecule has 1 saturated carbocycles. The van der Waals surface area contributed by atoms with Gasteiger partial charge in [0.05, 0.1) is 11.4 Å². The summed E-state index contributed by atoms with van der Waals surface area (Å²) in [7, 11) is -2.05.